The molecule has 32 heavy (non-hydrogen) atoms. The zero-order valence-corrected chi connectivity index (χ0v) is 17.4. The average molecular weight is 451 g/mol. The summed E-state index contributed by atoms with van der Waals surface area (Å²) in [5.74, 6) is -1.71. The van der Waals surface area contributed by atoms with Crippen LogP contribution in [0.25, 0.3) is 10.9 Å². The van der Waals surface area contributed by atoms with Gasteiger partial charge < -0.3 is 15.1 Å². The Morgan fingerprint density at radius 2 is 1.78 bits per heavy atom. The van der Waals surface area contributed by atoms with Crippen LogP contribution in [-0.4, -0.2) is 40.9 Å². The first-order chi connectivity index (χ1) is 15.3. The fraction of sp³-hybridized carbons (Fsp3) is 0.381. The molecule has 0 amide bonds. The van der Waals surface area contributed by atoms with Crippen LogP contribution in [0.15, 0.2) is 29.2 Å². The van der Waals surface area contributed by atoms with Gasteiger partial charge in [0.15, 0.2) is 0 Å². The Balaban J connectivity index is 1.79. The van der Waals surface area contributed by atoms with E-state index in [1.54, 1.807) is 11.9 Å². The zero-order chi connectivity index (χ0) is 23.0. The van der Waals surface area contributed by atoms with Gasteiger partial charge in [0.2, 0.25) is 5.82 Å². The first-order valence-corrected chi connectivity index (χ1v) is 10.0. The van der Waals surface area contributed by atoms with Crippen LogP contribution in [0.3, 0.4) is 0 Å². The second-order valence-electron chi connectivity index (χ2n) is 7.46. The highest BCUT2D eigenvalue weighted by Gasteiger charge is 2.23. The van der Waals surface area contributed by atoms with Crippen LogP contribution in [-0.2, 0) is 4.74 Å². The van der Waals surface area contributed by atoms with Gasteiger partial charge in [0, 0.05) is 11.8 Å². The van der Waals surface area contributed by atoms with Crippen molar-refractivity contribution in [1.29, 1.82) is 0 Å². The van der Waals surface area contributed by atoms with Crippen LogP contribution in [0.4, 0.5) is 23.4 Å². The summed E-state index contributed by atoms with van der Waals surface area (Å²) in [5.41, 5.74) is -1.73. The van der Waals surface area contributed by atoms with Gasteiger partial charge in [-0.05, 0) is 13.8 Å². The number of morpholine rings is 1. The lowest BCUT2D eigenvalue weighted by Gasteiger charge is -2.30. The van der Waals surface area contributed by atoms with E-state index in [2.05, 4.69) is 15.3 Å². The van der Waals surface area contributed by atoms with Crippen molar-refractivity contribution < 1.29 is 22.3 Å². The summed E-state index contributed by atoms with van der Waals surface area (Å²) in [6.07, 6.45) is -1.53. The molecule has 0 aliphatic carbocycles. The summed E-state index contributed by atoms with van der Waals surface area (Å²) >= 11 is 0. The minimum Gasteiger partial charge on any atom is -0.378 e. The molecule has 1 atom stereocenters. The smallest absolute Gasteiger partial charge is 0.307 e. The molecular formula is C21H21F4N5O2. The SMILES string of the molecule is Cc1nc(N[C@H](C)c2cccc(C(F)F)c2F)c2cn(N3CCOCC3)c(=O)c(F)c2n1. The van der Waals surface area contributed by atoms with Gasteiger partial charge in [0.05, 0.1) is 43.3 Å². The van der Waals surface area contributed by atoms with E-state index < -0.39 is 35.2 Å². The van der Waals surface area contributed by atoms with Gasteiger partial charge in [-0.25, -0.2) is 27.8 Å². The molecule has 0 unspecified atom stereocenters. The molecule has 3 heterocycles. The fourth-order valence-electron chi connectivity index (χ4n) is 3.70. The number of hydrogen-bond acceptors (Lipinski definition) is 6. The number of alkyl halides is 2. The third-order valence-corrected chi connectivity index (χ3v) is 5.32. The number of halogens is 4. The molecule has 1 saturated heterocycles. The molecule has 170 valence electrons. The third-order valence-electron chi connectivity index (χ3n) is 5.32. The number of aryl methyl sites for hydroxylation is 1. The number of fused-ring (bicyclic) bond motifs is 1. The van der Waals surface area contributed by atoms with Crippen LogP contribution in [0.1, 0.15) is 36.3 Å². The van der Waals surface area contributed by atoms with Crippen LogP contribution in [0.5, 0.6) is 0 Å². The van der Waals surface area contributed by atoms with Crippen molar-refractivity contribution in [3.63, 3.8) is 0 Å². The number of benzene rings is 1. The first kappa shape index (κ1) is 22.0. The molecule has 0 spiro atoms. The van der Waals surface area contributed by atoms with Gasteiger partial charge in [-0.15, -0.1) is 0 Å². The van der Waals surface area contributed by atoms with E-state index in [-0.39, 0.29) is 28.1 Å². The number of hydrogen-bond donors (Lipinski definition) is 1. The number of rotatable bonds is 5. The fourth-order valence-corrected chi connectivity index (χ4v) is 3.70. The van der Waals surface area contributed by atoms with Crippen LogP contribution in [0, 0.1) is 18.6 Å². The van der Waals surface area contributed by atoms with E-state index in [1.807, 2.05) is 0 Å². The minimum atomic E-state index is -2.96. The maximum Gasteiger partial charge on any atom is 0.307 e. The highest BCUT2D eigenvalue weighted by atomic mass is 19.3. The van der Waals surface area contributed by atoms with Crippen molar-refractivity contribution in [3.05, 3.63) is 63.3 Å². The standard InChI is InChI=1S/C21H21F4N5O2/c1-11(13-4-3-5-14(16(13)22)19(24)25)26-20-15-10-30(29-6-8-32-9-7-29)21(31)17(23)18(15)27-12(2)28-20/h3-5,10-11,19H,6-9H2,1-2H3,(H,26,27,28)/t11-/m1/s1. The van der Waals surface area contributed by atoms with E-state index in [9.17, 15) is 22.4 Å². The predicted molar refractivity (Wildman–Crippen MR) is 111 cm³/mol. The van der Waals surface area contributed by atoms with Gasteiger partial charge in [-0.1, -0.05) is 18.2 Å². The largest absolute Gasteiger partial charge is 0.378 e. The van der Waals surface area contributed by atoms with Gasteiger partial charge in [-0.2, -0.15) is 4.39 Å². The number of ether oxygens (including phenoxy) is 1. The molecule has 1 aromatic carbocycles. The summed E-state index contributed by atoms with van der Waals surface area (Å²) in [7, 11) is 0. The molecule has 2 aromatic heterocycles. The van der Waals surface area contributed by atoms with Crippen LogP contribution >= 0.6 is 0 Å². The lowest BCUT2D eigenvalue weighted by atomic mass is 10.0. The maximum atomic E-state index is 15.0. The van der Waals surface area contributed by atoms with E-state index in [1.165, 1.54) is 25.3 Å². The summed E-state index contributed by atoms with van der Waals surface area (Å²) in [4.78, 5) is 21.0. The number of aromatic nitrogens is 3. The highest BCUT2D eigenvalue weighted by molar-refractivity contribution is 5.89. The topological polar surface area (TPSA) is 72.3 Å². The molecule has 0 bridgehead atoms. The van der Waals surface area contributed by atoms with Gasteiger partial charge in [0.25, 0.3) is 6.43 Å². The summed E-state index contributed by atoms with van der Waals surface area (Å²) in [6.45, 7) is 4.66. The second-order valence-corrected chi connectivity index (χ2v) is 7.46. The van der Waals surface area contributed by atoms with Gasteiger partial charge >= 0.3 is 5.56 Å². The van der Waals surface area contributed by atoms with Crippen molar-refractivity contribution in [1.82, 2.24) is 14.6 Å². The lowest BCUT2D eigenvalue weighted by Crippen LogP contribution is -2.49. The molecule has 0 radical (unpaired) electrons. The molecule has 1 fully saturated rings. The molecule has 1 aliphatic rings. The van der Waals surface area contributed by atoms with Crippen molar-refractivity contribution in [3.8, 4) is 0 Å². The van der Waals surface area contributed by atoms with Crippen molar-refractivity contribution >= 4 is 16.7 Å². The van der Waals surface area contributed by atoms with Crippen molar-refractivity contribution in [2.75, 3.05) is 36.6 Å². The van der Waals surface area contributed by atoms with E-state index in [0.717, 1.165) is 10.7 Å². The minimum absolute atomic E-state index is 0.00851. The Morgan fingerprint density at radius 3 is 2.47 bits per heavy atom. The Kier molecular flexibility index (Phi) is 6.00. The number of nitrogens with one attached hydrogen (secondary N) is 1. The Morgan fingerprint density at radius 1 is 1.09 bits per heavy atom. The predicted octanol–water partition coefficient (Wildman–Crippen LogP) is 3.46. The first-order valence-electron chi connectivity index (χ1n) is 10.0. The van der Waals surface area contributed by atoms with Crippen molar-refractivity contribution in [2.24, 2.45) is 0 Å². The van der Waals surface area contributed by atoms with Gasteiger partial charge in [0.1, 0.15) is 23.0 Å². The molecule has 0 saturated carbocycles. The second kappa shape index (κ2) is 8.73. The summed E-state index contributed by atoms with van der Waals surface area (Å²) < 4.78 is 62.2. The highest BCUT2D eigenvalue weighted by Crippen LogP contribution is 2.30. The monoisotopic (exact) mass is 451 g/mol. The Labute approximate surface area is 180 Å². The lowest BCUT2D eigenvalue weighted by molar-refractivity contribution is 0.110. The van der Waals surface area contributed by atoms with Crippen LogP contribution in [0.2, 0.25) is 0 Å². The Hall–Kier alpha value is -3.21. The van der Waals surface area contributed by atoms with E-state index in [4.69, 9.17) is 4.74 Å². The maximum absolute atomic E-state index is 15.0. The molecule has 7 nitrogen and oxygen atoms in total. The average Bonchev–Trinajstić information content (AvgIpc) is 2.77. The summed E-state index contributed by atoms with van der Waals surface area (Å²) in [6, 6.07) is 2.98. The van der Waals surface area contributed by atoms with E-state index in [0.29, 0.717) is 26.3 Å². The molecule has 1 aliphatic heterocycles. The quantitative estimate of drug-likeness (QED) is 0.599. The molecule has 3 aromatic rings. The normalized spacial score (nSPS) is 15.4. The van der Waals surface area contributed by atoms with E-state index >= 15 is 0 Å². The van der Waals surface area contributed by atoms with Crippen molar-refractivity contribution in [2.45, 2.75) is 26.3 Å². The Bertz CT molecular complexity index is 1210. The zero-order valence-electron chi connectivity index (χ0n) is 17.4. The molecular weight excluding hydrogens is 430 g/mol. The molecule has 1 N–H and O–H groups in total. The third kappa shape index (κ3) is 3.99. The number of anilines is 1. The molecule has 11 heteroatoms. The molecule has 4 rings (SSSR count). The van der Waals surface area contributed by atoms with Crippen LogP contribution < -0.4 is 15.9 Å². The van der Waals surface area contributed by atoms with Gasteiger partial charge in [-0.3, -0.25) is 4.79 Å². The number of pyridine rings is 1. The summed E-state index contributed by atoms with van der Waals surface area (Å²) in [5, 5.41) is 4.82. The number of nitrogens with zero attached hydrogens (tertiary/aromatic N) is 4.